The Bertz CT molecular complexity index is 679. The summed E-state index contributed by atoms with van der Waals surface area (Å²) >= 11 is 0. The first-order chi connectivity index (χ1) is 13.3. The van der Waals surface area contributed by atoms with Crippen LogP contribution in [-0.2, 0) is 11.3 Å². The van der Waals surface area contributed by atoms with Crippen LogP contribution in [0.25, 0.3) is 0 Å². The van der Waals surface area contributed by atoms with Crippen molar-refractivity contribution in [2.24, 2.45) is 17.8 Å². The van der Waals surface area contributed by atoms with Crippen molar-refractivity contribution in [2.75, 3.05) is 20.1 Å². The van der Waals surface area contributed by atoms with Crippen molar-refractivity contribution in [3.05, 3.63) is 35.9 Å². The van der Waals surface area contributed by atoms with Crippen LogP contribution in [-0.4, -0.2) is 59.1 Å². The van der Waals surface area contributed by atoms with E-state index in [-0.39, 0.29) is 17.9 Å². The third-order valence-corrected chi connectivity index (χ3v) is 6.28. The fourth-order valence-electron chi connectivity index (χ4n) is 4.81. The third kappa shape index (κ3) is 4.85. The first-order valence-electron chi connectivity index (χ1n) is 10.4. The first kappa shape index (κ1) is 20.6. The summed E-state index contributed by atoms with van der Waals surface area (Å²) in [6, 6.07) is 10.0. The Kier molecular flexibility index (Phi) is 6.60. The van der Waals surface area contributed by atoms with Gasteiger partial charge in [-0.1, -0.05) is 44.2 Å². The normalized spacial score (nSPS) is 25.5. The van der Waals surface area contributed by atoms with E-state index in [4.69, 9.17) is 0 Å². The minimum Gasteiger partial charge on any atom is -0.465 e. The Balaban J connectivity index is 1.59. The number of carbonyl (C=O) groups is 2. The molecule has 0 bridgehead atoms. The van der Waals surface area contributed by atoms with Gasteiger partial charge in [-0.3, -0.25) is 14.6 Å². The smallest absolute Gasteiger partial charge is 0.407 e. The van der Waals surface area contributed by atoms with Gasteiger partial charge in [0, 0.05) is 32.7 Å². The number of hydrogen-bond donors (Lipinski definition) is 2. The number of nitrogens with one attached hydrogen (secondary N) is 1. The van der Waals surface area contributed by atoms with Crippen molar-refractivity contribution in [1.82, 2.24) is 15.1 Å². The van der Waals surface area contributed by atoms with Crippen LogP contribution in [0.15, 0.2) is 30.3 Å². The SMILES string of the molecule is CC(C)C[C@@H](C(=O)N[C@H]1CC[C@@H]2CN(Cc3ccccc3)C[C@@H]21)N(C)C(=O)O. The van der Waals surface area contributed by atoms with Gasteiger partial charge in [-0.15, -0.1) is 0 Å². The van der Waals surface area contributed by atoms with Gasteiger partial charge in [0.25, 0.3) is 0 Å². The third-order valence-electron chi connectivity index (χ3n) is 6.28. The maximum Gasteiger partial charge on any atom is 0.407 e. The topological polar surface area (TPSA) is 72.9 Å². The molecule has 2 amide bonds. The summed E-state index contributed by atoms with van der Waals surface area (Å²) in [5.41, 5.74) is 1.32. The maximum atomic E-state index is 12.9. The van der Waals surface area contributed by atoms with Crippen LogP contribution in [0.5, 0.6) is 0 Å². The van der Waals surface area contributed by atoms with Crippen LogP contribution in [0.4, 0.5) is 4.79 Å². The standard InChI is InChI=1S/C22H33N3O3/c1-15(2)11-20(24(3)22(27)28)21(26)23-19-10-9-17-13-25(14-18(17)19)12-16-7-5-4-6-8-16/h4-8,15,17-20H,9-14H2,1-3H3,(H,23,26)(H,27,28)/t17-,18+,19+,20+/m1/s1. The molecule has 1 saturated carbocycles. The minimum absolute atomic E-state index is 0.147. The summed E-state index contributed by atoms with van der Waals surface area (Å²) in [5, 5.41) is 12.5. The van der Waals surface area contributed by atoms with Crippen molar-refractivity contribution in [2.45, 2.75) is 51.7 Å². The van der Waals surface area contributed by atoms with Crippen molar-refractivity contribution in [3.63, 3.8) is 0 Å². The Morgan fingerprint density at radius 2 is 1.93 bits per heavy atom. The molecule has 0 aromatic heterocycles. The number of benzene rings is 1. The molecule has 154 valence electrons. The summed E-state index contributed by atoms with van der Waals surface area (Å²) < 4.78 is 0. The van der Waals surface area contributed by atoms with Gasteiger partial charge < -0.3 is 10.4 Å². The molecule has 28 heavy (non-hydrogen) atoms. The molecule has 6 heteroatoms. The summed E-state index contributed by atoms with van der Waals surface area (Å²) in [7, 11) is 1.49. The van der Waals surface area contributed by atoms with Gasteiger partial charge in [-0.2, -0.15) is 0 Å². The van der Waals surface area contributed by atoms with E-state index in [1.54, 1.807) is 0 Å². The summed E-state index contributed by atoms with van der Waals surface area (Å²) in [5.74, 6) is 1.18. The minimum atomic E-state index is -1.06. The molecule has 1 aliphatic heterocycles. The average molecular weight is 388 g/mol. The van der Waals surface area contributed by atoms with E-state index < -0.39 is 12.1 Å². The lowest BCUT2D eigenvalue weighted by Gasteiger charge is -2.29. The maximum absolute atomic E-state index is 12.9. The molecule has 1 aromatic rings. The molecular weight excluding hydrogens is 354 g/mol. The number of carbonyl (C=O) groups excluding carboxylic acids is 1. The van der Waals surface area contributed by atoms with Gasteiger partial charge in [0.05, 0.1) is 0 Å². The molecule has 3 rings (SSSR count). The van der Waals surface area contributed by atoms with Crippen molar-refractivity contribution >= 4 is 12.0 Å². The van der Waals surface area contributed by atoms with Gasteiger partial charge in [0.1, 0.15) is 6.04 Å². The Hall–Kier alpha value is -2.08. The molecule has 4 atom stereocenters. The van der Waals surface area contributed by atoms with Crippen molar-refractivity contribution in [3.8, 4) is 0 Å². The second-order valence-electron chi connectivity index (χ2n) is 8.83. The highest BCUT2D eigenvalue weighted by molar-refractivity contribution is 5.85. The molecule has 6 nitrogen and oxygen atoms in total. The molecule has 0 unspecified atom stereocenters. The highest BCUT2D eigenvalue weighted by atomic mass is 16.4. The molecule has 2 fully saturated rings. The quantitative estimate of drug-likeness (QED) is 0.754. The number of likely N-dealkylation sites (tertiary alicyclic amines) is 1. The predicted molar refractivity (Wildman–Crippen MR) is 109 cm³/mol. The zero-order valence-corrected chi connectivity index (χ0v) is 17.2. The summed E-state index contributed by atoms with van der Waals surface area (Å²) in [6.07, 6.45) is 1.60. The number of nitrogens with zero attached hydrogens (tertiary/aromatic N) is 2. The zero-order valence-electron chi connectivity index (χ0n) is 17.2. The number of hydrogen-bond acceptors (Lipinski definition) is 3. The van der Waals surface area contributed by atoms with E-state index in [0.29, 0.717) is 18.3 Å². The Morgan fingerprint density at radius 3 is 2.57 bits per heavy atom. The fraction of sp³-hybridized carbons (Fsp3) is 0.636. The molecule has 1 heterocycles. The molecule has 1 aromatic carbocycles. The van der Waals surface area contributed by atoms with Gasteiger partial charge in [0.2, 0.25) is 5.91 Å². The number of amides is 2. The predicted octanol–water partition coefficient (Wildman–Crippen LogP) is 3.04. The molecule has 2 aliphatic rings. The van der Waals surface area contributed by atoms with Gasteiger partial charge in [-0.05, 0) is 42.6 Å². The highest BCUT2D eigenvalue weighted by Crippen LogP contribution is 2.38. The van der Waals surface area contributed by atoms with E-state index in [1.807, 2.05) is 19.9 Å². The lowest BCUT2D eigenvalue weighted by molar-refractivity contribution is -0.127. The van der Waals surface area contributed by atoms with Crippen LogP contribution in [0.1, 0.15) is 38.7 Å². The van der Waals surface area contributed by atoms with E-state index >= 15 is 0 Å². The summed E-state index contributed by atoms with van der Waals surface area (Å²) in [4.78, 5) is 27.9. The lowest BCUT2D eigenvalue weighted by Crippen LogP contribution is -2.51. The number of rotatable bonds is 7. The van der Waals surface area contributed by atoms with Gasteiger partial charge in [0.15, 0.2) is 0 Å². The molecule has 2 N–H and O–H groups in total. The van der Waals surface area contributed by atoms with E-state index in [0.717, 1.165) is 37.4 Å². The van der Waals surface area contributed by atoms with Crippen molar-refractivity contribution < 1.29 is 14.7 Å². The van der Waals surface area contributed by atoms with Crippen LogP contribution in [0.2, 0.25) is 0 Å². The fourth-order valence-corrected chi connectivity index (χ4v) is 4.81. The molecule has 1 aliphatic carbocycles. The van der Waals surface area contributed by atoms with Gasteiger partial charge >= 0.3 is 6.09 Å². The van der Waals surface area contributed by atoms with Crippen molar-refractivity contribution in [1.29, 1.82) is 0 Å². The number of fused-ring (bicyclic) bond motifs is 1. The van der Waals surface area contributed by atoms with E-state index in [2.05, 4.69) is 34.5 Å². The highest BCUT2D eigenvalue weighted by Gasteiger charge is 2.43. The molecular formula is C22H33N3O3. The first-order valence-corrected chi connectivity index (χ1v) is 10.4. The number of carboxylic acid groups (broad SMARTS) is 1. The average Bonchev–Trinajstić information content (AvgIpc) is 3.21. The van der Waals surface area contributed by atoms with Crippen LogP contribution in [0, 0.1) is 17.8 Å². The largest absolute Gasteiger partial charge is 0.465 e. The zero-order chi connectivity index (χ0) is 20.3. The molecule has 0 radical (unpaired) electrons. The van der Waals surface area contributed by atoms with Gasteiger partial charge in [-0.25, -0.2) is 4.79 Å². The Labute approximate surface area is 167 Å². The van der Waals surface area contributed by atoms with Crippen LogP contribution in [0.3, 0.4) is 0 Å². The second kappa shape index (κ2) is 8.95. The number of likely N-dealkylation sites (N-methyl/N-ethyl adjacent to an activating group) is 1. The van der Waals surface area contributed by atoms with Crippen LogP contribution < -0.4 is 5.32 Å². The summed E-state index contributed by atoms with van der Waals surface area (Å²) in [6.45, 7) is 7.05. The molecule has 0 spiro atoms. The monoisotopic (exact) mass is 387 g/mol. The lowest BCUT2D eigenvalue weighted by atomic mass is 9.96. The van der Waals surface area contributed by atoms with E-state index in [9.17, 15) is 14.7 Å². The van der Waals surface area contributed by atoms with Crippen LogP contribution >= 0.6 is 0 Å². The Morgan fingerprint density at radius 1 is 1.21 bits per heavy atom. The van der Waals surface area contributed by atoms with E-state index in [1.165, 1.54) is 12.6 Å². The molecule has 1 saturated heterocycles. The second-order valence-corrected chi connectivity index (χ2v) is 8.83.